The molecule has 1 aliphatic rings. The zero-order valence-corrected chi connectivity index (χ0v) is 9.47. The maximum absolute atomic E-state index is 10.9. The highest BCUT2D eigenvalue weighted by Gasteiger charge is 2.20. The van der Waals surface area contributed by atoms with E-state index in [2.05, 4.69) is 15.5 Å². The molecule has 0 spiro atoms. The molecule has 5 nitrogen and oxygen atoms in total. The molecular weight excluding hydrogens is 216 g/mol. The van der Waals surface area contributed by atoms with Gasteiger partial charge in [0, 0.05) is 6.20 Å². The molecule has 0 saturated carbocycles. The summed E-state index contributed by atoms with van der Waals surface area (Å²) in [4.78, 5) is 10.9. The van der Waals surface area contributed by atoms with Crippen LogP contribution in [-0.2, 0) is 0 Å². The summed E-state index contributed by atoms with van der Waals surface area (Å²) in [6.45, 7) is 1.02. The number of nitrogens with zero attached hydrogens (tertiary/aromatic N) is 3. The Hall–Kier alpha value is -1.75. The third-order valence-electron chi connectivity index (χ3n) is 3.24. The third kappa shape index (κ3) is 1.72. The van der Waals surface area contributed by atoms with E-state index in [1.807, 2.05) is 16.7 Å². The lowest BCUT2D eigenvalue weighted by molar-refractivity contribution is 0.112. The largest absolute Gasteiger partial charge is 0.307 e. The number of carbonyl (C=O) groups excluding carboxylic acids is 1. The molecule has 1 aliphatic heterocycles. The molecule has 3 rings (SSSR count). The fraction of sp³-hybridized carbons (Fsp3) is 0.417. The van der Waals surface area contributed by atoms with E-state index < -0.39 is 0 Å². The number of pyridine rings is 1. The van der Waals surface area contributed by atoms with Gasteiger partial charge in [0.05, 0.1) is 11.6 Å². The zero-order chi connectivity index (χ0) is 11.7. The highest BCUT2D eigenvalue weighted by Crippen LogP contribution is 2.22. The van der Waals surface area contributed by atoms with Crippen LogP contribution in [-0.4, -0.2) is 27.4 Å². The van der Waals surface area contributed by atoms with Gasteiger partial charge in [-0.05, 0) is 31.5 Å². The second-order valence-electron chi connectivity index (χ2n) is 4.34. The van der Waals surface area contributed by atoms with Crippen LogP contribution in [0.4, 0.5) is 0 Å². The molecule has 5 heteroatoms. The van der Waals surface area contributed by atoms with Crippen LogP contribution in [0.2, 0.25) is 0 Å². The molecule has 1 N–H and O–H groups in total. The average molecular weight is 230 g/mol. The molecule has 1 fully saturated rings. The molecule has 0 aromatic carbocycles. The van der Waals surface area contributed by atoms with E-state index in [1.54, 1.807) is 6.07 Å². The van der Waals surface area contributed by atoms with Gasteiger partial charge in [0.1, 0.15) is 0 Å². The SMILES string of the molecule is O=Cc1cccn2c(C3CCCCN3)nnc12. The standard InChI is InChI=1S/C12H14N4O/c17-8-9-4-3-7-16-11(9)14-15-12(16)10-5-1-2-6-13-10/h3-4,7-8,10,13H,1-2,5-6H2. The molecule has 2 aromatic rings. The van der Waals surface area contributed by atoms with Crippen molar-refractivity contribution >= 4 is 11.9 Å². The van der Waals surface area contributed by atoms with Crippen molar-refractivity contribution in [3.63, 3.8) is 0 Å². The van der Waals surface area contributed by atoms with Gasteiger partial charge in [-0.15, -0.1) is 10.2 Å². The van der Waals surface area contributed by atoms with Crippen molar-refractivity contribution in [2.24, 2.45) is 0 Å². The van der Waals surface area contributed by atoms with Crippen LogP contribution in [0.3, 0.4) is 0 Å². The van der Waals surface area contributed by atoms with Gasteiger partial charge in [-0.3, -0.25) is 9.20 Å². The summed E-state index contributed by atoms with van der Waals surface area (Å²) in [5, 5.41) is 11.8. The van der Waals surface area contributed by atoms with Gasteiger partial charge in [0.15, 0.2) is 17.8 Å². The van der Waals surface area contributed by atoms with E-state index in [0.717, 1.165) is 25.1 Å². The molecule has 1 atom stereocenters. The first-order valence-corrected chi connectivity index (χ1v) is 5.92. The van der Waals surface area contributed by atoms with Crippen molar-refractivity contribution in [2.45, 2.75) is 25.3 Å². The van der Waals surface area contributed by atoms with Crippen LogP contribution in [0.5, 0.6) is 0 Å². The minimum Gasteiger partial charge on any atom is -0.307 e. The second kappa shape index (κ2) is 4.25. The van der Waals surface area contributed by atoms with Crippen LogP contribution in [0.15, 0.2) is 18.3 Å². The van der Waals surface area contributed by atoms with Crippen molar-refractivity contribution < 1.29 is 4.79 Å². The van der Waals surface area contributed by atoms with Crippen LogP contribution >= 0.6 is 0 Å². The summed E-state index contributed by atoms with van der Waals surface area (Å²) in [5.41, 5.74) is 1.23. The Labute approximate surface area is 98.9 Å². The summed E-state index contributed by atoms with van der Waals surface area (Å²) in [7, 11) is 0. The van der Waals surface area contributed by atoms with Crippen molar-refractivity contribution in [3.8, 4) is 0 Å². The van der Waals surface area contributed by atoms with Crippen molar-refractivity contribution in [1.29, 1.82) is 0 Å². The molecule has 0 aliphatic carbocycles. The summed E-state index contributed by atoms with van der Waals surface area (Å²) in [6.07, 6.45) is 6.23. The Bertz CT molecular complexity index is 542. The van der Waals surface area contributed by atoms with E-state index >= 15 is 0 Å². The highest BCUT2D eigenvalue weighted by atomic mass is 16.1. The van der Waals surface area contributed by atoms with Gasteiger partial charge < -0.3 is 5.32 Å². The van der Waals surface area contributed by atoms with E-state index in [0.29, 0.717) is 11.2 Å². The number of aromatic nitrogens is 3. The quantitative estimate of drug-likeness (QED) is 0.791. The molecular formula is C12H14N4O. The van der Waals surface area contributed by atoms with E-state index in [4.69, 9.17) is 0 Å². The monoisotopic (exact) mass is 230 g/mol. The summed E-state index contributed by atoms with van der Waals surface area (Å²) in [6, 6.07) is 3.86. The molecule has 1 unspecified atom stereocenters. The maximum atomic E-state index is 10.9. The minimum absolute atomic E-state index is 0.251. The molecule has 88 valence electrons. The summed E-state index contributed by atoms with van der Waals surface area (Å²) >= 11 is 0. The number of hydrogen-bond acceptors (Lipinski definition) is 4. The Morgan fingerprint density at radius 1 is 1.41 bits per heavy atom. The summed E-state index contributed by atoms with van der Waals surface area (Å²) < 4.78 is 1.91. The van der Waals surface area contributed by atoms with Gasteiger partial charge in [-0.1, -0.05) is 6.42 Å². The zero-order valence-electron chi connectivity index (χ0n) is 9.47. The predicted octanol–water partition coefficient (Wildman–Crippen LogP) is 1.36. The first kappa shape index (κ1) is 10.4. The Kier molecular flexibility index (Phi) is 2.60. The van der Waals surface area contributed by atoms with Gasteiger partial charge >= 0.3 is 0 Å². The third-order valence-corrected chi connectivity index (χ3v) is 3.24. The molecule has 3 heterocycles. The Morgan fingerprint density at radius 3 is 3.12 bits per heavy atom. The van der Waals surface area contributed by atoms with Crippen LogP contribution in [0, 0.1) is 0 Å². The van der Waals surface area contributed by atoms with Crippen molar-refractivity contribution in [2.75, 3.05) is 6.54 Å². The minimum atomic E-state index is 0.251. The fourth-order valence-electron chi connectivity index (χ4n) is 2.36. The van der Waals surface area contributed by atoms with Crippen LogP contribution in [0.25, 0.3) is 5.65 Å². The van der Waals surface area contributed by atoms with Gasteiger partial charge in [-0.2, -0.15) is 0 Å². The Balaban J connectivity index is 2.08. The molecule has 2 aromatic heterocycles. The Morgan fingerprint density at radius 2 is 2.35 bits per heavy atom. The lowest BCUT2D eigenvalue weighted by Crippen LogP contribution is -2.28. The van der Waals surface area contributed by atoms with E-state index in [9.17, 15) is 4.79 Å². The second-order valence-corrected chi connectivity index (χ2v) is 4.34. The van der Waals surface area contributed by atoms with Gasteiger partial charge in [0.25, 0.3) is 0 Å². The predicted molar refractivity (Wildman–Crippen MR) is 63.0 cm³/mol. The lowest BCUT2D eigenvalue weighted by Gasteiger charge is -2.21. The maximum Gasteiger partial charge on any atom is 0.171 e. The highest BCUT2D eigenvalue weighted by molar-refractivity contribution is 5.83. The first-order chi connectivity index (χ1) is 8.40. The van der Waals surface area contributed by atoms with Gasteiger partial charge in [-0.25, -0.2) is 0 Å². The molecule has 0 amide bonds. The lowest BCUT2D eigenvalue weighted by atomic mass is 10.0. The van der Waals surface area contributed by atoms with Crippen molar-refractivity contribution in [3.05, 3.63) is 29.7 Å². The summed E-state index contributed by atoms with van der Waals surface area (Å²) in [5.74, 6) is 0.906. The number of aldehydes is 1. The number of hydrogen-bond donors (Lipinski definition) is 1. The van der Waals surface area contributed by atoms with Crippen LogP contribution < -0.4 is 5.32 Å². The van der Waals surface area contributed by atoms with E-state index in [-0.39, 0.29) is 6.04 Å². The number of fused-ring (bicyclic) bond motifs is 1. The normalized spacial score (nSPS) is 20.6. The molecule has 1 saturated heterocycles. The average Bonchev–Trinajstić information content (AvgIpc) is 2.83. The first-order valence-electron chi connectivity index (χ1n) is 5.92. The smallest absolute Gasteiger partial charge is 0.171 e. The topological polar surface area (TPSA) is 59.3 Å². The van der Waals surface area contributed by atoms with Gasteiger partial charge in [0.2, 0.25) is 0 Å². The molecule has 0 bridgehead atoms. The number of piperidine rings is 1. The number of rotatable bonds is 2. The molecule has 17 heavy (non-hydrogen) atoms. The van der Waals surface area contributed by atoms with E-state index in [1.165, 1.54) is 12.8 Å². The van der Waals surface area contributed by atoms with Crippen molar-refractivity contribution in [1.82, 2.24) is 19.9 Å². The number of nitrogens with one attached hydrogen (secondary N) is 1. The molecule has 0 radical (unpaired) electrons. The van der Waals surface area contributed by atoms with Crippen LogP contribution in [0.1, 0.15) is 41.5 Å². The fourth-order valence-corrected chi connectivity index (χ4v) is 2.36. The number of carbonyl (C=O) groups is 1.